The summed E-state index contributed by atoms with van der Waals surface area (Å²) in [5, 5.41) is 11.8. The van der Waals surface area contributed by atoms with Crippen LogP contribution in [0.15, 0.2) is 94.6 Å². The molecule has 0 bridgehead atoms. The van der Waals surface area contributed by atoms with Crippen molar-refractivity contribution in [2.24, 2.45) is 0 Å². The minimum absolute atomic E-state index is 0.0408. The highest BCUT2D eigenvalue weighted by Gasteiger charge is 2.45. The molecular formula is C31H27NO6. The van der Waals surface area contributed by atoms with Gasteiger partial charge in [0.25, 0.3) is 5.91 Å². The number of ether oxygens (including phenoxy) is 1. The molecule has 0 spiro atoms. The lowest BCUT2D eigenvalue weighted by Crippen LogP contribution is -2.31. The summed E-state index contributed by atoms with van der Waals surface area (Å²) < 4.78 is 11.0. The number of carbonyl (C=O) groups is 3. The minimum Gasteiger partial charge on any atom is -0.503 e. The fourth-order valence-electron chi connectivity index (χ4n) is 4.73. The summed E-state index contributed by atoms with van der Waals surface area (Å²) in [6.45, 7) is 5.49. The molecule has 5 rings (SSSR count). The largest absolute Gasteiger partial charge is 0.503 e. The fraction of sp³-hybridized carbons (Fsp3) is 0.194. The smallest absolute Gasteiger partial charge is 0.310 e. The number of Topliss-reactive ketones (excluding diaryl/α,β-unsaturated/α-hetero) is 1. The van der Waals surface area contributed by atoms with Crippen LogP contribution in [0, 0.1) is 6.92 Å². The Kier molecular flexibility index (Phi) is 6.59. The van der Waals surface area contributed by atoms with Crippen LogP contribution in [-0.2, 0) is 20.7 Å². The fourth-order valence-corrected chi connectivity index (χ4v) is 4.73. The van der Waals surface area contributed by atoms with Gasteiger partial charge >= 0.3 is 5.97 Å². The standard InChI is InChI=1S/C31H27NO6/c1-18(2)37-26(33)16-20-11-13-23(14-12-20)32-28(22-9-6-7-19(3)15-22)27(30(35)31(32)36)29(34)25-17-21-8-4-5-10-24(21)38-25/h4-15,17-18,28,35H,16H2,1-3H3. The van der Waals surface area contributed by atoms with E-state index in [1.807, 2.05) is 43.3 Å². The number of carbonyl (C=O) groups excluding carboxylic acids is 3. The van der Waals surface area contributed by atoms with E-state index in [1.54, 1.807) is 56.3 Å². The van der Waals surface area contributed by atoms with Gasteiger partial charge in [0, 0.05) is 11.1 Å². The van der Waals surface area contributed by atoms with E-state index in [-0.39, 0.29) is 29.8 Å². The average molecular weight is 510 g/mol. The van der Waals surface area contributed by atoms with Gasteiger partial charge in [-0.05, 0) is 56.2 Å². The number of esters is 1. The molecule has 1 N–H and O–H groups in total. The van der Waals surface area contributed by atoms with E-state index in [0.29, 0.717) is 22.4 Å². The number of anilines is 1. The highest BCUT2D eigenvalue weighted by molar-refractivity contribution is 6.20. The van der Waals surface area contributed by atoms with Gasteiger partial charge < -0.3 is 14.3 Å². The topological polar surface area (TPSA) is 97.0 Å². The van der Waals surface area contributed by atoms with Gasteiger partial charge in [-0.15, -0.1) is 0 Å². The zero-order chi connectivity index (χ0) is 27.0. The maximum Gasteiger partial charge on any atom is 0.310 e. The van der Waals surface area contributed by atoms with Crippen LogP contribution in [0.25, 0.3) is 11.0 Å². The molecule has 1 unspecified atom stereocenters. The second kappa shape index (κ2) is 10.0. The number of hydrogen-bond acceptors (Lipinski definition) is 6. The quantitative estimate of drug-likeness (QED) is 0.242. The van der Waals surface area contributed by atoms with Gasteiger partial charge in [-0.25, -0.2) is 0 Å². The lowest BCUT2D eigenvalue weighted by molar-refractivity contribution is -0.146. The van der Waals surface area contributed by atoms with Crippen LogP contribution in [0.4, 0.5) is 5.69 Å². The molecule has 0 aliphatic carbocycles. The zero-order valence-electron chi connectivity index (χ0n) is 21.3. The highest BCUT2D eigenvalue weighted by atomic mass is 16.5. The number of benzene rings is 3. The second-order valence-electron chi connectivity index (χ2n) is 9.61. The van der Waals surface area contributed by atoms with Crippen LogP contribution in [-0.4, -0.2) is 28.9 Å². The molecule has 0 saturated carbocycles. The van der Waals surface area contributed by atoms with Crippen molar-refractivity contribution in [3.05, 3.63) is 113 Å². The van der Waals surface area contributed by atoms with E-state index in [2.05, 4.69) is 0 Å². The molecule has 1 aromatic heterocycles. The Bertz CT molecular complexity index is 1540. The molecule has 2 heterocycles. The highest BCUT2D eigenvalue weighted by Crippen LogP contribution is 2.42. The SMILES string of the molecule is Cc1cccc(C2C(C(=O)c3cc4ccccc4o3)=C(O)C(=O)N2c2ccc(CC(=O)OC(C)C)cc2)c1. The lowest BCUT2D eigenvalue weighted by Gasteiger charge is -2.27. The normalized spacial score (nSPS) is 15.5. The number of amides is 1. The molecule has 0 saturated heterocycles. The summed E-state index contributed by atoms with van der Waals surface area (Å²) in [6.07, 6.45) is -0.122. The van der Waals surface area contributed by atoms with E-state index in [9.17, 15) is 19.5 Å². The first kappa shape index (κ1) is 25.0. The molecular weight excluding hydrogens is 482 g/mol. The molecule has 3 aromatic carbocycles. The zero-order valence-corrected chi connectivity index (χ0v) is 21.3. The molecule has 7 heteroatoms. The first-order valence-corrected chi connectivity index (χ1v) is 12.4. The minimum atomic E-state index is -0.875. The van der Waals surface area contributed by atoms with Crippen molar-refractivity contribution in [1.29, 1.82) is 0 Å². The number of furan rings is 1. The first-order valence-electron chi connectivity index (χ1n) is 12.4. The summed E-state index contributed by atoms with van der Waals surface area (Å²) in [5.74, 6) is -2.18. The van der Waals surface area contributed by atoms with E-state index >= 15 is 0 Å². The Hall–Kier alpha value is -4.65. The van der Waals surface area contributed by atoms with E-state index < -0.39 is 23.5 Å². The van der Waals surface area contributed by atoms with Crippen molar-refractivity contribution < 1.29 is 28.6 Å². The number of fused-ring (bicyclic) bond motifs is 1. The number of nitrogens with zero attached hydrogens (tertiary/aromatic N) is 1. The molecule has 1 aliphatic rings. The van der Waals surface area contributed by atoms with Crippen molar-refractivity contribution in [2.75, 3.05) is 4.90 Å². The average Bonchev–Trinajstić information content (AvgIpc) is 3.43. The molecule has 1 aliphatic heterocycles. The van der Waals surface area contributed by atoms with Gasteiger partial charge in [0.05, 0.1) is 24.1 Å². The molecule has 7 nitrogen and oxygen atoms in total. The van der Waals surface area contributed by atoms with Gasteiger partial charge in [0.1, 0.15) is 5.58 Å². The van der Waals surface area contributed by atoms with Crippen LogP contribution < -0.4 is 4.90 Å². The Morgan fingerprint density at radius 2 is 1.74 bits per heavy atom. The lowest BCUT2D eigenvalue weighted by atomic mass is 9.93. The molecule has 38 heavy (non-hydrogen) atoms. The predicted octanol–water partition coefficient (Wildman–Crippen LogP) is 6.02. The summed E-state index contributed by atoms with van der Waals surface area (Å²) in [5.41, 5.74) is 3.29. The number of para-hydroxylation sites is 1. The molecule has 192 valence electrons. The van der Waals surface area contributed by atoms with Gasteiger partial charge in [0.15, 0.2) is 11.5 Å². The van der Waals surface area contributed by atoms with Crippen LogP contribution in [0.1, 0.15) is 47.1 Å². The molecule has 1 atom stereocenters. The number of aryl methyl sites for hydroxylation is 1. The number of aliphatic hydroxyl groups is 1. The number of aliphatic hydroxyl groups excluding tert-OH is 1. The summed E-state index contributed by atoms with van der Waals surface area (Å²) in [4.78, 5) is 40.6. The van der Waals surface area contributed by atoms with Crippen molar-refractivity contribution in [2.45, 2.75) is 39.3 Å². The number of hydrogen-bond donors (Lipinski definition) is 1. The molecule has 4 aromatic rings. The van der Waals surface area contributed by atoms with Crippen molar-refractivity contribution in [1.82, 2.24) is 0 Å². The maximum atomic E-state index is 13.7. The third-order valence-corrected chi connectivity index (χ3v) is 6.39. The predicted molar refractivity (Wildman–Crippen MR) is 143 cm³/mol. The van der Waals surface area contributed by atoms with Crippen molar-refractivity contribution in [3.63, 3.8) is 0 Å². The van der Waals surface area contributed by atoms with Crippen molar-refractivity contribution >= 4 is 34.3 Å². The van der Waals surface area contributed by atoms with E-state index in [0.717, 1.165) is 10.9 Å². The van der Waals surface area contributed by atoms with Gasteiger partial charge in [-0.3, -0.25) is 19.3 Å². The van der Waals surface area contributed by atoms with Crippen LogP contribution in [0.3, 0.4) is 0 Å². The molecule has 0 fully saturated rings. The second-order valence-corrected chi connectivity index (χ2v) is 9.61. The number of ketones is 1. The van der Waals surface area contributed by atoms with E-state index in [4.69, 9.17) is 9.15 Å². The Morgan fingerprint density at radius 1 is 1.00 bits per heavy atom. The van der Waals surface area contributed by atoms with Crippen LogP contribution in [0.2, 0.25) is 0 Å². The molecule has 0 radical (unpaired) electrons. The third-order valence-electron chi connectivity index (χ3n) is 6.39. The monoisotopic (exact) mass is 509 g/mol. The van der Waals surface area contributed by atoms with Gasteiger partial charge in [0.2, 0.25) is 5.78 Å². The van der Waals surface area contributed by atoms with Crippen molar-refractivity contribution in [3.8, 4) is 0 Å². The van der Waals surface area contributed by atoms with Crippen LogP contribution >= 0.6 is 0 Å². The Balaban J connectivity index is 1.54. The Labute approximate surface area is 219 Å². The van der Waals surface area contributed by atoms with Gasteiger partial charge in [-0.2, -0.15) is 0 Å². The summed E-state index contributed by atoms with van der Waals surface area (Å²) >= 11 is 0. The van der Waals surface area contributed by atoms with Crippen LogP contribution in [0.5, 0.6) is 0 Å². The number of rotatable bonds is 7. The maximum absolute atomic E-state index is 13.7. The molecule has 1 amide bonds. The van der Waals surface area contributed by atoms with E-state index in [1.165, 1.54) is 4.90 Å². The Morgan fingerprint density at radius 3 is 2.42 bits per heavy atom. The summed E-state index contributed by atoms with van der Waals surface area (Å²) in [7, 11) is 0. The first-order chi connectivity index (χ1) is 18.2. The van der Waals surface area contributed by atoms with Gasteiger partial charge in [-0.1, -0.05) is 60.2 Å². The third kappa shape index (κ3) is 4.70. The summed E-state index contributed by atoms with van der Waals surface area (Å²) in [6, 6.07) is 22.3.